The minimum atomic E-state index is -5.08. The van der Waals surface area contributed by atoms with Crippen molar-refractivity contribution in [3.05, 3.63) is 63.1 Å². The van der Waals surface area contributed by atoms with Gasteiger partial charge in [-0.05, 0) is 38.1 Å². The van der Waals surface area contributed by atoms with Gasteiger partial charge in [-0.2, -0.15) is 13.2 Å². The molecule has 12 heteroatoms. The number of nitrogens with zero attached hydrogens (tertiary/aromatic N) is 4. The van der Waals surface area contributed by atoms with E-state index in [1.165, 1.54) is 12.1 Å². The van der Waals surface area contributed by atoms with Crippen molar-refractivity contribution >= 4 is 11.9 Å². The molecule has 5 rings (SSSR count). The van der Waals surface area contributed by atoms with Crippen LogP contribution in [0.3, 0.4) is 0 Å². The van der Waals surface area contributed by atoms with Gasteiger partial charge in [0.05, 0.1) is 16.8 Å². The van der Waals surface area contributed by atoms with Crippen LogP contribution < -0.4 is 5.56 Å². The number of rotatable bonds is 1. The summed E-state index contributed by atoms with van der Waals surface area (Å²) in [5.74, 6) is -2.49. The highest BCUT2D eigenvalue weighted by atomic mass is 19.4. The van der Waals surface area contributed by atoms with E-state index in [4.69, 9.17) is 14.9 Å². The Morgan fingerprint density at radius 2 is 1.86 bits per heavy atom. The number of fused-ring (bicyclic) bond motifs is 3. The molecule has 4 heterocycles. The van der Waals surface area contributed by atoms with E-state index in [2.05, 4.69) is 4.90 Å². The average Bonchev–Trinajstić information content (AvgIpc) is 3.38. The van der Waals surface area contributed by atoms with Crippen LogP contribution in [0, 0.1) is 5.82 Å². The SMILES string of the molecule is CN1CCc2nc3n(c(=O)c2C1)C1(CC3)CCN(C(=O)c2cccc(F)c2)C1.O=C(O)C(F)(F)F. The lowest BCUT2D eigenvalue weighted by atomic mass is 9.95. The Labute approximate surface area is 197 Å². The molecule has 8 nitrogen and oxygen atoms in total. The van der Waals surface area contributed by atoms with Gasteiger partial charge < -0.3 is 14.9 Å². The van der Waals surface area contributed by atoms with E-state index in [1.807, 2.05) is 11.6 Å². The maximum absolute atomic E-state index is 13.5. The van der Waals surface area contributed by atoms with Crippen molar-refractivity contribution in [2.75, 3.05) is 26.7 Å². The zero-order chi connectivity index (χ0) is 25.5. The largest absolute Gasteiger partial charge is 0.490 e. The molecular formula is C23H24F4N4O4. The van der Waals surface area contributed by atoms with Crippen molar-refractivity contribution in [2.45, 2.75) is 43.9 Å². The number of halogens is 4. The van der Waals surface area contributed by atoms with Crippen LogP contribution in [0.15, 0.2) is 29.1 Å². The zero-order valence-corrected chi connectivity index (χ0v) is 18.9. The van der Waals surface area contributed by atoms with Gasteiger partial charge in [-0.25, -0.2) is 14.2 Å². The maximum Gasteiger partial charge on any atom is 0.490 e. The van der Waals surface area contributed by atoms with Gasteiger partial charge in [-0.1, -0.05) is 6.07 Å². The third kappa shape index (κ3) is 4.79. The van der Waals surface area contributed by atoms with Gasteiger partial charge in [-0.3, -0.25) is 14.2 Å². The number of likely N-dealkylation sites (N-methyl/N-ethyl adjacent to an activating group) is 1. The lowest BCUT2D eigenvalue weighted by Gasteiger charge is -2.30. The first-order valence-corrected chi connectivity index (χ1v) is 11.1. The first-order chi connectivity index (χ1) is 16.4. The zero-order valence-electron chi connectivity index (χ0n) is 18.9. The Bertz CT molecular complexity index is 1230. The minimum Gasteiger partial charge on any atom is -0.475 e. The van der Waals surface area contributed by atoms with Gasteiger partial charge in [0.1, 0.15) is 11.6 Å². The first kappa shape index (κ1) is 24.8. The van der Waals surface area contributed by atoms with Gasteiger partial charge >= 0.3 is 12.1 Å². The van der Waals surface area contributed by atoms with Crippen LogP contribution in [0.5, 0.6) is 0 Å². The fourth-order valence-electron chi connectivity index (χ4n) is 4.99. The summed E-state index contributed by atoms with van der Waals surface area (Å²) in [5, 5.41) is 7.12. The molecule has 1 unspecified atom stereocenters. The Hall–Kier alpha value is -3.28. The summed E-state index contributed by atoms with van der Waals surface area (Å²) in [6, 6.07) is 5.80. The highest BCUT2D eigenvalue weighted by Crippen LogP contribution is 2.39. The smallest absolute Gasteiger partial charge is 0.475 e. The molecule has 0 saturated carbocycles. The summed E-state index contributed by atoms with van der Waals surface area (Å²) < 4.78 is 47.1. The molecule has 188 valence electrons. The third-order valence-electron chi connectivity index (χ3n) is 6.71. The molecule has 3 aliphatic rings. The number of hydrogen-bond acceptors (Lipinski definition) is 5. The number of hydrogen-bond donors (Lipinski definition) is 1. The Morgan fingerprint density at radius 1 is 1.14 bits per heavy atom. The minimum absolute atomic E-state index is 0.0594. The number of carboxylic acid groups (broad SMARTS) is 1. The van der Waals surface area contributed by atoms with Crippen molar-refractivity contribution in [3.63, 3.8) is 0 Å². The number of aromatic nitrogens is 2. The van der Waals surface area contributed by atoms with Gasteiger partial charge in [0.2, 0.25) is 0 Å². The molecule has 3 aliphatic heterocycles. The number of likely N-dealkylation sites (tertiary alicyclic amines) is 1. The summed E-state index contributed by atoms with van der Waals surface area (Å²) in [6.45, 7) is 2.59. The summed E-state index contributed by atoms with van der Waals surface area (Å²) in [5.41, 5.74) is 1.77. The highest BCUT2D eigenvalue weighted by molar-refractivity contribution is 5.94. The Kier molecular flexibility index (Phi) is 6.43. The van der Waals surface area contributed by atoms with Gasteiger partial charge in [0, 0.05) is 44.6 Å². The molecule has 1 atom stereocenters. The first-order valence-electron chi connectivity index (χ1n) is 11.1. The van der Waals surface area contributed by atoms with Gasteiger partial charge in [0.15, 0.2) is 0 Å². The van der Waals surface area contributed by atoms with Crippen LogP contribution in [-0.4, -0.2) is 69.2 Å². The van der Waals surface area contributed by atoms with Crippen LogP contribution >= 0.6 is 0 Å². The van der Waals surface area contributed by atoms with Crippen molar-refractivity contribution in [1.29, 1.82) is 0 Å². The van der Waals surface area contributed by atoms with Crippen LogP contribution in [-0.2, 0) is 29.7 Å². The van der Waals surface area contributed by atoms with Crippen molar-refractivity contribution in [2.24, 2.45) is 0 Å². The fraction of sp³-hybridized carbons (Fsp3) is 0.478. The molecular weight excluding hydrogens is 472 g/mol. The van der Waals surface area contributed by atoms with E-state index in [0.29, 0.717) is 25.2 Å². The van der Waals surface area contributed by atoms with Gasteiger partial charge in [0.25, 0.3) is 11.5 Å². The number of alkyl halides is 3. The van der Waals surface area contributed by atoms with E-state index >= 15 is 0 Å². The quantitative estimate of drug-likeness (QED) is 0.609. The van der Waals surface area contributed by atoms with Crippen molar-refractivity contribution in [1.82, 2.24) is 19.4 Å². The molecule has 0 bridgehead atoms. The van der Waals surface area contributed by atoms with E-state index < -0.39 is 18.0 Å². The number of benzene rings is 1. The molecule has 1 amide bonds. The number of carbonyl (C=O) groups excluding carboxylic acids is 1. The summed E-state index contributed by atoms with van der Waals surface area (Å²) >= 11 is 0. The monoisotopic (exact) mass is 496 g/mol. The lowest BCUT2D eigenvalue weighted by molar-refractivity contribution is -0.192. The Balaban J connectivity index is 0.000000364. The van der Waals surface area contributed by atoms with Crippen molar-refractivity contribution in [3.8, 4) is 0 Å². The molecule has 2 aromatic rings. The molecule has 0 radical (unpaired) electrons. The Morgan fingerprint density at radius 3 is 2.51 bits per heavy atom. The second-order valence-corrected chi connectivity index (χ2v) is 9.10. The molecule has 1 aromatic heterocycles. The summed E-state index contributed by atoms with van der Waals surface area (Å²) in [6.07, 6.45) is -1.95. The van der Waals surface area contributed by atoms with E-state index in [1.54, 1.807) is 17.0 Å². The van der Waals surface area contributed by atoms with Crippen LogP contribution in [0.4, 0.5) is 17.6 Å². The number of aliphatic carboxylic acids is 1. The van der Waals surface area contributed by atoms with Crippen molar-refractivity contribution < 1.29 is 32.3 Å². The predicted octanol–water partition coefficient (Wildman–Crippen LogP) is 2.19. The van der Waals surface area contributed by atoms with E-state index in [0.717, 1.165) is 49.3 Å². The van der Waals surface area contributed by atoms with E-state index in [9.17, 15) is 27.2 Å². The van der Waals surface area contributed by atoms with Crippen LogP contribution in [0.25, 0.3) is 0 Å². The second-order valence-electron chi connectivity index (χ2n) is 9.10. The molecule has 1 aromatic carbocycles. The highest BCUT2D eigenvalue weighted by Gasteiger charge is 2.47. The molecule has 1 fully saturated rings. The molecule has 1 N–H and O–H groups in total. The summed E-state index contributed by atoms with van der Waals surface area (Å²) in [7, 11) is 2.02. The average molecular weight is 496 g/mol. The molecule has 35 heavy (non-hydrogen) atoms. The second kappa shape index (κ2) is 9.06. The number of aryl methyl sites for hydroxylation is 1. The number of amides is 1. The van der Waals surface area contributed by atoms with Gasteiger partial charge in [-0.15, -0.1) is 0 Å². The number of carbonyl (C=O) groups is 2. The maximum atomic E-state index is 13.5. The van der Waals surface area contributed by atoms with E-state index in [-0.39, 0.29) is 17.0 Å². The van der Waals surface area contributed by atoms with Crippen LogP contribution in [0.2, 0.25) is 0 Å². The molecule has 1 spiro atoms. The predicted molar refractivity (Wildman–Crippen MR) is 115 cm³/mol. The topological polar surface area (TPSA) is 95.7 Å². The molecule has 1 saturated heterocycles. The standard InChI is InChI=1S/C21H23FN4O2.C2HF3O2/c1-24-9-6-17-16(12-24)20(28)26-18(23-17)5-7-21(26)8-10-25(13-21)19(27)14-3-2-4-15(22)11-14;3-2(4,5)1(6)7/h2-4,11H,5-10,12-13H2,1H3;(H,6,7). The fourth-order valence-corrected chi connectivity index (χ4v) is 4.99. The molecule has 0 aliphatic carbocycles. The normalized spacial score (nSPS) is 21.3. The van der Waals surface area contributed by atoms with Crippen LogP contribution in [0.1, 0.15) is 40.3 Å². The summed E-state index contributed by atoms with van der Waals surface area (Å²) in [4.78, 5) is 43.8. The third-order valence-corrected chi connectivity index (χ3v) is 6.71. The lowest BCUT2D eigenvalue weighted by Crippen LogP contribution is -2.45. The number of carboxylic acids is 1.